The van der Waals surface area contributed by atoms with Gasteiger partial charge >= 0.3 is 12.1 Å². The highest BCUT2D eigenvalue weighted by Crippen LogP contribution is 2.33. The van der Waals surface area contributed by atoms with Crippen molar-refractivity contribution in [3.63, 3.8) is 0 Å². The van der Waals surface area contributed by atoms with Crippen molar-refractivity contribution in [2.24, 2.45) is 0 Å². The van der Waals surface area contributed by atoms with Crippen molar-refractivity contribution < 1.29 is 43.9 Å². The number of benzene rings is 4. The van der Waals surface area contributed by atoms with Crippen LogP contribution in [0.25, 0.3) is 30.1 Å². The van der Waals surface area contributed by atoms with Gasteiger partial charge in [-0.05, 0) is 18.1 Å². The van der Waals surface area contributed by atoms with Crippen molar-refractivity contribution in [3.8, 4) is 28.6 Å². The van der Waals surface area contributed by atoms with E-state index in [0.29, 0.717) is 46.7 Å². The molecule has 0 fully saturated rings. The number of fused-ring (bicyclic) bond motifs is 1. The molecular weight excluding hydrogens is 827 g/mol. The standard InChI is InChI=1S/C51H57N5O9/c1-34-35(2)47(61)45(36(3)46(34)60)51(4,5)32-43(57)54(6)23-24-55(25-27-64-29-28-63-26-22-44(58)59)50(62)65-49-41(31-38-18-12-8-13-19-38)53-48-40(30-37-16-10-7-11-17-37)52-42(33-56(48)49)39-20-14-9-15-21-39/h7-21,33,60-61H,2-3,22-32H2,1,4-6H3,(H,58,59). The van der Waals surface area contributed by atoms with Gasteiger partial charge in [0.25, 0.3) is 0 Å². The smallest absolute Gasteiger partial charge is 0.416 e. The Bertz CT molecular complexity index is 2710. The summed E-state index contributed by atoms with van der Waals surface area (Å²) in [6, 6.07) is 29.5. The van der Waals surface area contributed by atoms with Gasteiger partial charge in [-0.1, -0.05) is 118 Å². The molecule has 0 unspecified atom stereocenters. The van der Waals surface area contributed by atoms with Crippen LogP contribution in [0.15, 0.2) is 97.2 Å². The molecule has 2 heterocycles. The summed E-state index contributed by atoms with van der Waals surface area (Å²) >= 11 is 0. The number of aromatic hydroxyl groups is 2. The quantitative estimate of drug-likeness (QED) is 0.0550. The van der Waals surface area contributed by atoms with Crippen molar-refractivity contribution in [2.45, 2.75) is 51.9 Å². The average molecular weight is 884 g/mol. The zero-order valence-corrected chi connectivity index (χ0v) is 37.5. The molecule has 0 saturated heterocycles. The Morgan fingerprint density at radius 3 is 1.94 bits per heavy atom. The van der Waals surface area contributed by atoms with Crippen LogP contribution in [0, 0.1) is 6.92 Å². The van der Waals surface area contributed by atoms with E-state index in [2.05, 4.69) is 13.2 Å². The van der Waals surface area contributed by atoms with Gasteiger partial charge in [0.15, 0.2) is 5.65 Å². The monoisotopic (exact) mass is 883 g/mol. The lowest BCUT2D eigenvalue weighted by atomic mass is 9.78. The minimum Gasteiger partial charge on any atom is -0.507 e. The highest BCUT2D eigenvalue weighted by molar-refractivity contribution is 5.78. The van der Waals surface area contributed by atoms with Gasteiger partial charge in [0.2, 0.25) is 11.8 Å². The number of carbonyl (C=O) groups excluding carboxylic acids is 2. The summed E-state index contributed by atoms with van der Waals surface area (Å²) in [5.74, 6) is -1.22. The van der Waals surface area contributed by atoms with E-state index in [-0.39, 0.29) is 92.6 Å². The number of aromatic nitrogens is 3. The van der Waals surface area contributed by atoms with Crippen LogP contribution in [0.3, 0.4) is 0 Å². The number of phenolic OH excluding ortho intramolecular Hbond substituents is 2. The van der Waals surface area contributed by atoms with E-state index in [4.69, 9.17) is 29.3 Å². The number of phenols is 2. The second-order valence-corrected chi connectivity index (χ2v) is 16.6. The van der Waals surface area contributed by atoms with Gasteiger partial charge in [0, 0.05) is 84.7 Å². The SMILES string of the molecule is C=c1c(C)c(O)c(=C)c(C(C)(C)CC(=O)N(C)CCN(CCOCCOCCC(=O)O)C(=O)Oc2c(Cc3ccccc3)nc3c(Cc4ccccc4)nc(-c4ccccc4)cn23)c1O. The molecule has 65 heavy (non-hydrogen) atoms. The summed E-state index contributed by atoms with van der Waals surface area (Å²) in [5.41, 5.74) is 5.07. The Kier molecular flexibility index (Phi) is 15.7. The molecule has 2 amide bonds. The number of rotatable bonds is 21. The topological polar surface area (TPSA) is 176 Å². The Hall–Kier alpha value is -7.03. The van der Waals surface area contributed by atoms with Gasteiger partial charge in [0.05, 0.1) is 44.2 Å². The summed E-state index contributed by atoms with van der Waals surface area (Å²) in [5, 5.41) is 31.2. The number of carboxylic acids is 1. The first-order valence-corrected chi connectivity index (χ1v) is 21.5. The highest BCUT2D eigenvalue weighted by Gasteiger charge is 2.32. The molecule has 6 rings (SSSR count). The second-order valence-electron chi connectivity index (χ2n) is 16.6. The van der Waals surface area contributed by atoms with Crippen molar-refractivity contribution in [2.75, 3.05) is 53.1 Å². The zero-order valence-electron chi connectivity index (χ0n) is 37.5. The molecule has 0 bridgehead atoms. The van der Waals surface area contributed by atoms with E-state index in [1.807, 2.05) is 97.2 Å². The maximum atomic E-state index is 14.6. The summed E-state index contributed by atoms with van der Waals surface area (Å²) in [6.07, 6.45) is 1.78. The molecule has 0 saturated carbocycles. The van der Waals surface area contributed by atoms with Crippen LogP contribution in [-0.2, 0) is 37.3 Å². The van der Waals surface area contributed by atoms with E-state index >= 15 is 0 Å². The van der Waals surface area contributed by atoms with Crippen molar-refractivity contribution in [1.29, 1.82) is 0 Å². The van der Waals surface area contributed by atoms with Gasteiger partial charge in [-0.3, -0.25) is 14.0 Å². The van der Waals surface area contributed by atoms with Gasteiger partial charge in [-0.25, -0.2) is 14.8 Å². The number of carbonyl (C=O) groups is 3. The molecule has 4 aromatic carbocycles. The summed E-state index contributed by atoms with van der Waals surface area (Å²) in [6.45, 7) is 13.8. The molecule has 0 radical (unpaired) electrons. The van der Waals surface area contributed by atoms with Crippen LogP contribution < -0.4 is 15.2 Å². The van der Waals surface area contributed by atoms with E-state index in [9.17, 15) is 24.6 Å². The number of nitrogens with zero attached hydrogens (tertiary/aromatic N) is 5. The van der Waals surface area contributed by atoms with Crippen LogP contribution >= 0.6 is 0 Å². The first kappa shape index (κ1) is 47.4. The lowest BCUT2D eigenvalue weighted by molar-refractivity contribution is -0.138. The predicted octanol–water partition coefficient (Wildman–Crippen LogP) is 6.25. The summed E-state index contributed by atoms with van der Waals surface area (Å²) in [4.78, 5) is 52.4. The second kappa shape index (κ2) is 21.6. The Morgan fingerprint density at radius 2 is 1.32 bits per heavy atom. The fourth-order valence-electron chi connectivity index (χ4n) is 7.59. The van der Waals surface area contributed by atoms with Gasteiger partial charge in [-0.15, -0.1) is 0 Å². The van der Waals surface area contributed by atoms with E-state index < -0.39 is 17.5 Å². The van der Waals surface area contributed by atoms with Crippen LogP contribution in [-0.4, -0.2) is 111 Å². The maximum absolute atomic E-state index is 14.6. The molecule has 340 valence electrons. The third-order valence-corrected chi connectivity index (χ3v) is 11.3. The molecule has 3 N–H and O–H groups in total. The molecule has 6 aromatic rings. The Morgan fingerprint density at radius 1 is 0.738 bits per heavy atom. The van der Waals surface area contributed by atoms with E-state index in [1.165, 1.54) is 9.80 Å². The number of ether oxygens (including phenoxy) is 3. The number of imidazole rings is 1. The third kappa shape index (κ3) is 12.0. The number of aliphatic carboxylic acids is 1. The van der Waals surface area contributed by atoms with Crippen LogP contribution in [0.1, 0.15) is 60.3 Å². The number of hydrogen-bond acceptors (Lipinski definition) is 10. The predicted molar refractivity (Wildman–Crippen MR) is 248 cm³/mol. The zero-order chi connectivity index (χ0) is 46.7. The summed E-state index contributed by atoms with van der Waals surface area (Å²) < 4.78 is 19.4. The molecule has 0 spiro atoms. The fraction of sp³-hybridized carbons (Fsp3) is 0.314. The molecule has 14 heteroatoms. The van der Waals surface area contributed by atoms with Gasteiger partial charge < -0.3 is 39.3 Å². The normalized spacial score (nSPS) is 11.4. The van der Waals surface area contributed by atoms with Crippen molar-refractivity contribution >= 4 is 36.8 Å². The molecule has 14 nitrogen and oxygen atoms in total. The molecular formula is C51H57N5O9. The average Bonchev–Trinajstić information content (AvgIpc) is 3.63. The van der Waals surface area contributed by atoms with Gasteiger partial charge in [0.1, 0.15) is 17.2 Å². The fourth-order valence-corrected chi connectivity index (χ4v) is 7.59. The molecule has 0 aliphatic rings. The first-order valence-electron chi connectivity index (χ1n) is 21.5. The minimum atomic E-state index is -0.961. The number of likely N-dealkylation sites (N-methyl/N-ethyl adjacent to an activating group) is 1. The molecule has 0 atom stereocenters. The minimum absolute atomic E-state index is 0.0464. The first-order chi connectivity index (χ1) is 31.1. The largest absolute Gasteiger partial charge is 0.507 e. The summed E-state index contributed by atoms with van der Waals surface area (Å²) in [7, 11) is 1.63. The van der Waals surface area contributed by atoms with Crippen LogP contribution in [0.2, 0.25) is 0 Å². The Labute approximate surface area is 378 Å². The highest BCUT2D eigenvalue weighted by atomic mass is 16.6. The van der Waals surface area contributed by atoms with Crippen molar-refractivity contribution in [1.82, 2.24) is 24.2 Å². The van der Waals surface area contributed by atoms with Crippen molar-refractivity contribution in [3.05, 3.63) is 141 Å². The number of hydrogen-bond donors (Lipinski definition) is 3. The number of carboxylic acid groups (broad SMARTS) is 1. The van der Waals surface area contributed by atoms with Crippen LogP contribution in [0.4, 0.5) is 4.79 Å². The Balaban J connectivity index is 1.30. The van der Waals surface area contributed by atoms with Gasteiger partial charge in [-0.2, -0.15) is 0 Å². The number of amides is 2. The molecule has 2 aromatic heterocycles. The lowest BCUT2D eigenvalue weighted by Gasteiger charge is -2.30. The maximum Gasteiger partial charge on any atom is 0.416 e. The van der Waals surface area contributed by atoms with Crippen LogP contribution in [0.5, 0.6) is 17.4 Å². The third-order valence-electron chi connectivity index (χ3n) is 11.3. The van der Waals surface area contributed by atoms with E-state index in [1.54, 1.807) is 32.2 Å². The van der Waals surface area contributed by atoms with E-state index in [0.717, 1.165) is 16.7 Å². The lowest BCUT2D eigenvalue weighted by Crippen LogP contribution is -2.43. The molecule has 0 aliphatic carbocycles. The molecule has 0 aliphatic heterocycles.